The first-order valence-corrected chi connectivity index (χ1v) is 14.2. The molecule has 1 amide bonds. The van der Waals surface area contributed by atoms with E-state index in [4.69, 9.17) is 0 Å². The first kappa shape index (κ1) is 26.9. The zero-order chi connectivity index (χ0) is 26.0. The molecule has 4 aliphatic rings. The van der Waals surface area contributed by atoms with Crippen LogP contribution in [0.2, 0.25) is 0 Å². The lowest BCUT2D eigenvalue weighted by molar-refractivity contribution is -0.130. The zero-order valence-corrected chi connectivity index (χ0v) is 24.0. The summed E-state index contributed by atoms with van der Waals surface area (Å²) in [6, 6.07) is 0.681. The fourth-order valence-electron chi connectivity index (χ4n) is 9.24. The van der Waals surface area contributed by atoms with Crippen molar-refractivity contribution in [2.75, 3.05) is 14.1 Å². The van der Waals surface area contributed by atoms with Gasteiger partial charge in [-0.05, 0) is 120 Å². The molecule has 0 radical (unpaired) electrons. The number of allylic oxidation sites excluding steroid dienone is 2. The number of carbonyl (C=O) groups excluding carboxylic acids is 1. The second kappa shape index (κ2) is 9.01. The van der Waals surface area contributed by atoms with Gasteiger partial charge in [-0.1, -0.05) is 45.4 Å². The third kappa shape index (κ3) is 4.06. The molecule has 0 aromatic rings. The Morgan fingerprint density at radius 1 is 1.11 bits per heavy atom. The van der Waals surface area contributed by atoms with Gasteiger partial charge in [-0.15, -0.1) is 0 Å². The van der Waals surface area contributed by atoms with Crippen molar-refractivity contribution in [3.05, 3.63) is 23.3 Å². The average Bonchev–Trinajstić information content (AvgIpc) is 2.95. The second-order valence-electron chi connectivity index (χ2n) is 14.0. The van der Waals surface area contributed by atoms with Crippen LogP contribution in [0.5, 0.6) is 0 Å². The maximum absolute atomic E-state index is 12.7. The van der Waals surface area contributed by atoms with Gasteiger partial charge in [-0.25, -0.2) is 0 Å². The number of aliphatic hydroxyl groups is 1. The quantitative estimate of drug-likeness (QED) is 0.374. The van der Waals surface area contributed by atoms with E-state index in [2.05, 4.69) is 65.0 Å². The standard InChI is InChI=1S/C31H52N2O2/c1-10-20(2)27(34)32-26-15-18-31(35)19-22-13-16-29(6)23(21(3)33(8)9)14-17-30(29,7)24(22)11-12-25(31)28(26,4)5/h10,13,21,23-26,35H,11-12,14-19H2,1-9H3,(H,32,34)/b20-10+/t21-,23+,24+,25-,26-,29+,30-,31-/m0/s1. The Bertz CT molecular complexity index is 904. The van der Waals surface area contributed by atoms with Crippen molar-refractivity contribution in [1.82, 2.24) is 10.2 Å². The highest BCUT2D eigenvalue weighted by atomic mass is 16.3. The van der Waals surface area contributed by atoms with Crippen molar-refractivity contribution in [3.8, 4) is 0 Å². The summed E-state index contributed by atoms with van der Waals surface area (Å²) < 4.78 is 0. The number of amides is 1. The number of carbonyl (C=O) groups is 1. The van der Waals surface area contributed by atoms with Crippen molar-refractivity contribution in [2.24, 2.45) is 34.0 Å². The number of hydrogen-bond donors (Lipinski definition) is 2. The van der Waals surface area contributed by atoms with Crippen molar-refractivity contribution >= 4 is 5.91 Å². The van der Waals surface area contributed by atoms with Crippen LogP contribution in [0.25, 0.3) is 0 Å². The molecule has 0 spiro atoms. The van der Waals surface area contributed by atoms with Gasteiger partial charge in [0, 0.05) is 17.7 Å². The highest BCUT2D eigenvalue weighted by Gasteiger charge is 2.63. The normalized spacial score (nSPS) is 44.0. The van der Waals surface area contributed by atoms with E-state index in [-0.39, 0.29) is 28.7 Å². The monoisotopic (exact) mass is 484 g/mol. The number of fused-ring (bicyclic) bond motifs is 4. The zero-order valence-electron chi connectivity index (χ0n) is 24.0. The first-order valence-electron chi connectivity index (χ1n) is 14.2. The Kier molecular flexibility index (Phi) is 6.93. The predicted molar refractivity (Wildman–Crippen MR) is 145 cm³/mol. The molecule has 0 unspecified atom stereocenters. The summed E-state index contributed by atoms with van der Waals surface area (Å²) >= 11 is 0. The van der Waals surface area contributed by atoms with Gasteiger partial charge >= 0.3 is 0 Å². The van der Waals surface area contributed by atoms with Crippen molar-refractivity contribution < 1.29 is 9.90 Å². The largest absolute Gasteiger partial charge is 0.389 e. The molecule has 0 aromatic heterocycles. The van der Waals surface area contributed by atoms with Crippen LogP contribution in [-0.2, 0) is 4.79 Å². The third-order valence-electron chi connectivity index (χ3n) is 12.2. The first-order chi connectivity index (χ1) is 16.2. The maximum atomic E-state index is 12.7. The molecule has 4 aliphatic carbocycles. The van der Waals surface area contributed by atoms with Gasteiger partial charge in [-0.2, -0.15) is 0 Å². The molecule has 0 aromatic carbocycles. The average molecular weight is 485 g/mol. The predicted octanol–water partition coefficient (Wildman–Crippen LogP) is 6.11. The second-order valence-corrected chi connectivity index (χ2v) is 14.0. The fraction of sp³-hybridized carbons (Fsp3) is 0.839. The smallest absolute Gasteiger partial charge is 0.246 e. The lowest BCUT2D eigenvalue weighted by atomic mass is 9.51. The topological polar surface area (TPSA) is 52.6 Å². The molecule has 2 N–H and O–H groups in total. The van der Waals surface area contributed by atoms with Crippen LogP contribution in [0, 0.1) is 34.0 Å². The van der Waals surface area contributed by atoms with Crippen LogP contribution < -0.4 is 5.32 Å². The highest BCUT2D eigenvalue weighted by molar-refractivity contribution is 5.92. The van der Waals surface area contributed by atoms with E-state index in [9.17, 15) is 9.90 Å². The molecule has 4 nitrogen and oxygen atoms in total. The molecule has 4 heteroatoms. The van der Waals surface area contributed by atoms with E-state index in [1.165, 1.54) is 18.4 Å². The van der Waals surface area contributed by atoms with Gasteiger partial charge in [0.05, 0.1) is 5.60 Å². The van der Waals surface area contributed by atoms with Crippen LogP contribution in [-0.4, -0.2) is 47.7 Å². The summed E-state index contributed by atoms with van der Waals surface area (Å²) in [7, 11) is 4.46. The van der Waals surface area contributed by atoms with E-state index >= 15 is 0 Å². The Morgan fingerprint density at radius 3 is 2.43 bits per heavy atom. The van der Waals surface area contributed by atoms with Gasteiger partial charge in [0.15, 0.2) is 0 Å². The maximum Gasteiger partial charge on any atom is 0.246 e. The third-order valence-corrected chi connectivity index (χ3v) is 12.2. The van der Waals surface area contributed by atoms with Gasteiger partial charge in [0.1, 0.15) is 0 Å². The molecule has 0 saturated heterocycles. The molecule has 0 bridgehead atoms. The Labute approximate surface area is 215 Å². The molecule has 35 heavy (non-hydrogen) atoms. The van der Waals surface area contributed by atoms with Crippen molar-refractivity contribution in [1.29, 1.82) is 0 Å². The lowest BCUT2D eigenvalue weighted by Crippen LogP contribution is -2.59. The highest BCUT2D eigenvalue weighted by Crippen LogP contribution is 2.69. The number of hydrogen-bond acceptors (Lipinski definition) is 3. The molecular formula is C31H52N2O2. The summed E-state index contributed by atoms with van der Waals surface area (Å²) in [6.45, 7) is 16.0. The van der Waals surface area contributed by atoms with E-state index in [1.807, 2.05) is 19.9 Å². The molecule has 8 atom stereocenters. The van der Waals surface area contributed by atoms with Crippen LogP contribution >= 0.6 is 0 Å². The summed E-state index contributed by atoms with van der Waals surface area (Å²) in [5, 5.41) is 15.5. The number of nitrogens with zero attached hydrogens (tertiary/aromatic N) is 1. The molecule has 4 rings (SSSR count). The lowest BCUT2D eigenvalue weighted by Gasteiger charge is -2.54. The van der Waals surface area contributed by atoms with E-state index < -0.39 is 5.60 Å². The molecular weight excluding hydrogens is 432 g/mol. The van der Waals surface area contributed by atoms with Crippen LogP contribution in [0.4, 0.5) is 0 Å². The molecule has 3 saturated carbocycles. The summed E-state index contributed by atoms with van der Waals surface area (Å²) in [5.41, 5.74) is 2.09. The molecule has 0 heterocycles. The van der Waals surface area contributed by atoms with Gasteiger partial charge in [0.2, 0.25) is 5.91 Å². The van der Waals surface area contributed by atoms with E-state index in [1.54, 1.807) is 0 Å². The van der Waals surface area contributed by atoms with Crippen molar-refractivity contribution in [3.63, 3.8) is 0 Å². The molecule has 0 aliphatic heterocycles. The number of rotatable bonds is 4. The summed E-state index contributed by atoms with van der Waals surface area (Å²) in [5.74, 6) is 1.50. The molecule has 3 fully saturated rings. The Morgan fingerprint density at radius 2 is 1.80 bits per heavy atom. The SMILES string of the molecule is C/C=C(\C)C(=O)N[C@H]1CC[C@]2(O)CC3=CC[C@]4(C)[C@@H]([C@H](C)N(C)C)CC[C@@]4(C)[C@@H]3CC[C@H]2C1(C)C. The minimum atomic E-state index is -0.667. The summed E-state index contributed by atoms with van der Waals surface area (Å²) in [6.07, 6.45) is 12.8. The van der Waals surface area contributed by atoms with Gasteiger partial charge < -0.3 is 15.3 Å². The molecule has 198 valence electrons. The van der Waals surface area contributed by atoms with Crippen LogP contribution in [0.15, 0.2) is 23.3 Å². The number of nitrogens with one attached hydrogen (secondary N) is 1. The van der Waals surface area contributed by atoms with Crippen LogP contribution in [0.1, 0.15) is 99.8 Å². The van der Waals surface area contributed by atoms with Crippen LogP contribution in [0.3, 0.4) is 0 Å². The fourth-order valence-corrected chi connectivity index (χ4v) is 9.24. The minimum Gasteiger partial charge on any atom is -0.389 e. The van der Waals surface area contributed by atoms with E-state index in [0.717, 1.165) is 44.1 Å². The Balaban J connectivity index is 1.62. The minimum absolute atomic E-state index is 0.0382. The van der Waals surface area contributed by atoms with Gasteiger partial charge in [0.25, 0.3) is 0 Å². The van der Waals surface area contributed by atoms with E-state index in [0.29, 0.717) is 23.3 Å². The summed E-state index contributed by atoms with van der Waals surface area (Å²) in [4.78, 5) is 15.1. The Hall–Kier alpha value is -1.13. The van der Waals surface area contributed by atoms with Crippen molar-refractivity contribution in [2.45, 2.75) is 118 Å². The van der Waals surface area contributed by atoms with Gasteiger partial charge in [-0.3, -0.25) is 4.79 Å².